The molecule has 1 aliphatic rings. The highest BCUT2D eigenvalue weighted by atomic mass is 16.5. The minimum absolute atomic E-state index is 0.283. The second kappa shape index (κ2) is 10.5. The van der Waals surface area contributed by atoms with Gasteiger partial charge in [-0.15, -0.1) is 0 Å². The van der Waals surface area contributed by atoms with E-state index in [4.69, 9.17) is 4.74 Å². The van der Waals surface area contributed by atoms with E-state index >= 15 is 0 Å². The first-order chi connectivity index (χ1) is 15.7. The molecule has 0 saturated carbocycles. The lowest BCUT2D eigenvalue weighted by molar-refractivity contribution is 0.245. The van der Waals surface area contributed by atoms with Crippen LogP contribution in [-0.2, 0) is 6.54 Å². The summed E-state index contributed by atoms with van der Waals surface area (Å²) in [6, 6.07) is 17.0. The average Bonchev–Trinajstić information content (AvgIpc) is 3.46. The van der Waals surface area contributed by atoms with Crippen LogP contribution in [0.1, 0.15) is 30.3 Å². The maximum atomic E-state index is 5.46. The molecule has 32 heavy (non-hydrogen) atoms. The first kappa shape index (κ1) is 22.1. The molecule has 1 unspecified atom stereocenters. The fourth-order valence-electron chi connectivity index (χ4n) is 4.54. The van der Waals surface area contributed by atoms with E-state index in [2.05, 4.69) is 73.4 Å². The molecule has 1 saturated heterocycles. The zero-order valence-electron chi connectivity index (χ0n) is 19.3. The smallest absolute Gasteiger partial charge is 0.191 e. The SMILES string of the molecule is CN=C(NCCn1c(C)nc2ccccc21)NCC(c1cccc(OC)c1)N1CCCC1. The zero-order chi connectivity index (χ0) is 22.3. The Hall–Kier alpha value is -3.06. The van der Waals surface area contributed by atoms with Gasteiger partial charge in [-0.3, -0.25) is 9.89 Å². The molecule has 1 atom stereocenters. The minimum atomic E-state index is 0.283. The second-order valence-corrected chi connectivity index (χ2v) is 8.21. The molecule has 0 radical (unpaired) electrons. The van der Waals surface area contributed by atoms with Gasteiger partial charge in [0.1, 0.15) is 11.6 Å². The van der Waals surface area contributed by atoms with Gasteiger partial charge in [0, 0.05) is 26.7 Å². The van der Waals surface area contributed by atoms with Gasteiger partial charge in [0.15, 0.2) is 5.96 Å². The van der Waals surface area contributed by atoms with E-state index in [-0.39, 0.29) is 6.04 Å². The number of aromatic nitrogens is 2. The van der Waals surface area contributed by atoms with Crippen LogP contribution in [0.3, 0.4) is 0 Å². The van der Waals surface area contributed by atoms with Crippen molar-refractivity contribution in [3.63, 3.8) is 0 Å². The third-order valence-electron chi connectivity index (χ3n) is 6.22. The summed E-state index contributed by atoms with van der Waals surface area (Å²) < 4.78 is 7.71. The van der Waals surface area contributed by atoms with E-state index in [1.165, 1.54) is 23.9 Å². The molecule has 1 aliphatic heterocycles. The van der Waals surface area contributed by atoms with Crippen LogP contribution in [-0.4, -0.2) is 60.7 Å². The lowest BCUT2D eigenvalue weighted by atomic mass is 10.1. The van der Waals surface area contributed by atoms with Crippen LogP contribution in [0.25, 0.3) is 11.0 Å². The van der Waals surface area contributed by atoms with Gasteiger partial charge in [-0.1, -0.05) is 24.3 Å². The highest BCUT2D eigenvalue weighted by Crippen LogP contribution is 2.27. The summed E-state index contributed by atoms with van der Waals surface area (Å²) in [6.07, 6.45) is 2.51. The predicted molar refractivity (Wildman–Crippen MR) is 130 cm³/mol. The summed E-state index contributed by atoms with van der Waals surface area (Å²) in [4.78, 5) is 11.7. The molecule has 7 heteroatoms. The zero-order valence-corrected chi connectivity index (χ0v) is 19.3. The van der Waals surface area contributed by atoms with Crippen LogP contribution in [0.15, 0.2) is 53.5 Å². The number of hydrogen-bond acceptors (Lipinski definition) is 4. The Kier molecular flexibility index (Phi) is 7.27. The first-order valence-corrected chi connectivity index (χ1v) is 11.4. The van der Waals surface area contributed by atoms with Crippen molar-refractivity contribution < 1.29 is 4.74 Å². The van der Waals surface area contributed by atoms with Crippen LogP contribution in [0.4, 0.5) is 0 Å². The standard InChI is InChI=1S/C25H34N6O/c1-19-29-22-11-4-5-12-23(22)31(19)16-13-27-25(26-2)28-18-24(30-14-6-7-15-30)20-9-8-10-21(17-20)32-3/h4-5,8-12,17,24H,6-7,13-16,18H2,1-3H3,(H2,26,27,28). The molecule has 3 aromatic rings. The number of guanidine groups is 1. The van der Waals surface area contributed by atoms with Gasteiger partial charge in [0.25, 0.3) is 0 Å². The van der Waals surface area contributed by atoms with Gasteiger partial charge in [0.2, 0.25) is 0 Å². The summed E-state index contributed by atoms with van der Waals surface area (Å²) >= 11 is 0. The number of benzene rings is 2. The summed E-state index contributed by atoms with van der Waals surface area (Å²) in [5.74, 6) is 2.75. The van der Waals surface area contributed by atoms with Crippen LogP contribution in [0, 0.1) is 6.92 Å². The molecule has 4 rings (SSSR count). The molecule has 1 fully saturated rings. The number of para-hydroxylation sites is 2. The van der Waals surface area contributed by atoms with E-state index in [0.29, 0.717) is 0 Å². The number of nitrogens with one attached hydrogen (secondary N) is 2. The average molecular weight is 435 g/mol. The van der Waals surface area contributed by atoms with Crippen molar-refractivity contribution >= 4 is 17.0 Å². The quantitative estimate of drug-likeness (QED) is 0.420. The molecule has 170 valence electrons. The van der Waals surface area contributed by atoms with Crippen molar-refractivity contribution in [2.45, 2.75) is 32.4 Å². The van der Waals surface area contributed by atoms with Crippen molar-refractivity contribution in [2.75, 3.05) is 40.3 Å². The van der Waals surface area contributed by atoms with E-state index in [1.807, 2.05) is 19.2 Å². The fourth-order valence-corrected chi connectivity index (χ4v) is 4.54. The third kappa shape index (κ3) is 5.05. The molecule has 7 nitrogen and oxygen atoms in total. The molecule has 0 bridgehead atoms. The number of rotatable bonds is 8. The van der Waals surface area contributed by atoms with Crippen LogP contribution in [0.2, 0.25) is 0 Å². The second-order valence-electron chi connectivity index (χ2n) is 8.21. The van der Waals surface area contributed by atoms with E-state index in [1.54, 1.807) is 7.11 Å². The van der Waals surface area contributed by atoms with Crippen molar-refractivity contribution in [2.24, 2.45) is 4.99 Å². The molecule has 2 N–H and O–H groups in total. The summed E-state index contributed by atoms with van der Waals surface area (Å²) in [7, 11) is 3.54. The third-order valence-corrected chi connectivity index (χ3v) is 6.22. The highest BCUT2D eigenvalue weighted by Gasteiger charge is 2.24. The minimum Gasteiger partial charge on any atom is -0.497 e. The largest absolute Gasteiger partial charge is 0.497 e. The molecular formula is C25H34N6O. The fraction of sp³-hybridized carbons (Fsp3) is 0.440. The topological polar surface area (TPSA) is 66.7 Å². The molecular weight excluding hydrogens is 400 g/mol. The number of aryl methyl sites for hydroxylation is 1. The van der Waals surface area contributed by atoms with Gasteiger partial charge in [-0.2, -0.15) is 0 Å². The highest BCUT2D eigenvalue weighted by molar-refractivity contribution is 5.79. The Bertz CT molecular complexity index is 1050. The molecule has 2 heterocycles. The first-order valence-electron chi connectivity index (χ1n) is 11.4. The molecule has 0 spiro atoms. The van der Waals surface area contributed by atoms with Crippen LogP contribution in [0.5, 0.6) is 5.75 Å². The van der Waals surface area contributed by atoms with Gasteiger partial charge < -0.3 is 19.9 Å². The summed E-state index contributed by atoms with van der Waals surface area (Å²) in [5.41, 5.74) is 3.48. The number of nitrogens with zero attached hydrogens (tertiary/aromatic N) is 4. The van der Waals surface area contributed by atoms with Gasteiger partial charge in [0.05, 0.1) is 24.2 Å². The number of ether oxygens (including phenoxy) is 1. The van der Waals surface area contributed by atoms with E-state index in [0.717, 1.165) is 55.8 Å². The van der Waals surface area contributed by atoms with Gasteiger partial charge in [-0.05, 0) is 62.7 Å². The van der Waals surface area contributed by atoms with Crippen molar-refractivity contribution in [3.8, 4) is 5.75 Å². The Balaban J connectivity index is 1.38. The number of likely N-dealkylation sites (tertiary alicyclic amines) is 1. The predicted octanol–water partition coefficient (Wildman–Crippen LogP) is 3.36. The summed E-state index contributed by atoms with van der Waals surface area (Å²) in [5, 5.41) is 7.01. The van der Waals surface area contributed by atoms with E-state index in [9.17, 15) is 0 Å². The van der Waals surface area contributed by atoms with Crippen molar-refractivity contribution in [1.82, 2.24) is 25.1 Å². The number of imidazole rings is 1. The van der Waals surface area contributed by atoms with Gasteiger partial charge in [-0.25, -0.2) is 4.98 Å². The number of methoxy groups -OCH3 is 1. The van der Waals surface area contributed by atoms with Crippen molar-refractivity contribution in [3.05, 3.63) is 59.9 Å². The Labute approximate surface area is 190 Å². The van der Waals surface area contributed by atoms with Gasteiger partial charge >= 0.3 is 0 Å². The number of hydrogen-bond donors (Lipinski definition) is 2. The van der Waals surface area contributed by atoms with E-state index < -0.39 is 0 Å². The number of aliphatic imine (C=N–C) groups is 1. The Morgan fingerprint density at radius 1 is 1.12 bits per heavy atom. The molecule has 1 aromatic heterocycles. The Morgan fingerprint density at radius 2 is 1.94 bits per heavy atom. The monoisotopic (exact) mass is 434 g/mol. The maximum Gasteiger partial charge on any atom is 0.191 e. The van der Waals surface area contributed by atoms with Crippen molar-refractivity contribution in [1.29, 1.82) is 0 Å². The summed E-state index contributed by atoms with van der Waals surface area (Å²) in [6.45, 7) is 6.71. The normalized spacial score (nSPS) is 15.8. The molecule has 0 amide bonds. The lowest BCUT2D eigenvalue weighted by Crippen LogP contribution is -2.43. The maximum absolute atomic E-state index is 5.46. The Morgan fingerprint density at radius 3 is 2.72 bits per heavy atom. The number of fused-ring (bicyclic) bond motifs is 1. The lowest BCUT2D eigenvalue weighted by Gasteiger charge is -2.29. The van der Waals surface area contributed by atoms with Crippen LogP contribution >= 0.6 is 0 Å². The molecule has 2 aromatic carbocycles. The van der Waals surface area contributed by atoms with Crippen LogP contribution < -0.4 is 15.4 Å². The molecule has 0 aliphatic carbocycles.